The van der Waals surface area contributed by atoms with Crippen LogP contribution in [0.15, 0.2) is 41.3 Å². The third-order valence-corrected chi connectivity index (χ3v) is 5.61. The Morgan fingerprint density at radius 1 is 1.26 bits per heavy atom. The number of nitrogens with one attached hydrogen (secondary N) is 1. The molecule has 1 amide bonds. The van der Waals surface area contributed by atoms with Crippen molar-refractivity contribution in [2.24, 2.45) is 0 Å². The average molecular weight is 370 g/mol. The molecule has 1 unspecified atom stereocenters. The minimum absolute atomic E-state index is 0.115. The summed E-state index contributed by atoms with van der Waals surface area (Å²) in [5.41, 5.74) is 1.64. The smallest absolute Gasteiger partial charge is 0.224 e. The lowest BCUT2D eigenvalue weighted by Gasteiger charge is -2.26. The van der Waals surface area contributed by atoms with E-state index in [9.17, 15) is 9.18 Å². The summed E-state index contributed by atoms with van der Waals surface area (Å²) < 4.78 is 13.9. The van der Waals surface area contributed by atoms with Gasteiger partial charge in [-0.3, -0.25) is 4.79 Å². The van der Waals surface area contributed by atoms with Crippen LogP contribution < -0.4 is 5.32 Å². The minimum Gasteiger partial charge on any atom is -0.349 e. The lowest BCUT2D eigenvalue weighted by Crippen LogP contribution is -2.32. The highest BCUT2D eigenvalue weighted by molar-refractivity contribution is 7.99. The van der Waals surface area contributed by atoms with Crippen LogP contribution in [0.25, 0.3) is 0 Å². The maximum absolute atomic E-state index is 13.9. The van der Waals surface area contributed by atoms with Crippen molar-refractivity contribution in [3.05, 3.63) is 63.4 Å². The molecule has 0 saturated carbocycles. The molecular weight excluding hydrogens is 356 g/mol. The second-order valence-corrected chi connectivity index (χ2v) is 7.26. The first-order chi connectivity index (χ1) is 11.0. The number of hydrogen-bond acceptors (Lipinski definition) is 2. The van der Waals surface area contributed by atoms with E-state index in [1.165, 1.54) is 17.8 Å². The Labute approximate surface area is 148 Å². The van der Waals surface area contributed by atoms with Crippen molar-refractivity contribution in [2.75, 3.05) is 5.75 Å². The molecule has 2 nitrogen and oxygen atoms in total. The van der Waals surface area contributed by atoms with Gasteiger partial charge in [0.15, 0.2) is 0 Å². The fraction of sp³-hybridized carbons (Fsp3) is 0.235. The quantitative estimate of drug-likeness (QED) is 0.821. The molecule has 2 aromatic carbocycles. The monoisotopic (exact) mass is 369 g/mol. The molecule has 0 aromatic heterocycles. The summed E-state index contributed by atoms with van der Waals surface area (Å²) in [5, 5.41) is 3.88. The molecule has 0 fully saturated rings. The van der Waals surface area contributed by atoms with Gasteiger partial charge in [0.2, 0.25) is 5.91 Å². The predicted octanol–water partition coefficient (Wildman–Crippen LogP) is 5.03. The zero-order valence-corrected chi connectivity index (χ0v) is 14.4. The van der Waals surface area contributed by atoms with Gasteiger partial charge in [-0.2, -0.15) is 0 Å². The van der Waals surface area contributed by atoms with Crippen molar-refractivity contribution in [3.63, 3.8) is 0 Å². The molecule has 1 aliphatic rings. The van der Waals surface area contributed by atoms with Gasteiger partial charge in [0, 0.05) is 10.6 Å². The zero-order chi connectivity index (χ0) is 16.4. The molecule has 0 spiro atoms. The molecule has 1 atom stereocenters. The molecule has 23 heavy (non-hydrogen) atoms. The van der Waals surface area contributed by atoms with Crippen molar-refractivity contribution in [2.45, 2.75) is 23.8 Å². The van der Waals surface area contributed by atoms with Gasteiger partial charge in [0.05, 0.1) is 22.5 Å². The van der Waals surface area contributed by atoms with E-state index in [1.807, 2.05) is 6.07 Å². The van der Waals surface area contributed by atoms with Gasteiger partial charge in [-0.05, 0) is 35.7 Å². The molecule has 1 N–H and O–H groups in total. The van der Waals surface area contributed by atoms with E-state index in [0.717, 1.165) is 23.3 Å². The fourth-order valence-electron chi connectivity index (χ4n) is 2.62. The van der Waals surface area contributed by atoms with Crippen LogP contribution in [-0.4, -0.2) is 11.7 Å². The number of benzene rings is 2. The second kappa shape index (κ2) is 7.12. The van der Waals surface area contributed by atoms with Crippen LogP contribution in [-0.2, 0) is 11.2 Å². The molecule has 6 heteroatoms. The van der Waals surface area contributed by atoms with Gasteiger partial charge in [-0.25, -0.2) is 4.39 Å². The van der Waals surface area contributed by atoms with Crippen molar-refractivity contribution >= 4 is 40.9 Å². The van der Waals surface area contributed by atoms with Crippen LogP contribution >= 0.6 is 35.0 Å². The third-order valence-electron chi connectivity index (χ3n) is 3.71. The minimum atomic E-state index is -0.226. The molecule has 1 heterocycles. The van der Waals surface area contributed by atoms with Crippen LogP contribution in [0, 0.1) is 5.82 Å². The Balaban J connectivity index is 1.72. The predicted molar refractivity (Wildman–Crippen MR) is 92.8 cm³/mol. The fourth-order valence-corrected chi connectivity index (χ4v) is 4.08. The average Bonchev–Trinajstić information content (AvgIpc) is 2.52. The number of thioether (sulfide) groups is 1. The van der Waals surface area contributed by atoms with E-state index in [4.69, 9.17) is 23.2 Å². The van der Waals surface area contributed by atoms with Crippen LogP contribution in [0.2, 0.25) is 10.0 Å². The van der Waals surface area contributed by atoms with Crippen molar-refractivity contribution in [1.29, 1.82) is 0 Å². The Bertz CT molecular complexity index is 753. The molecular formula is C17H14Cl2FNOS. The number of halogens is 3. The Morgan fingerprint density at radius 3 is 2.87 bits per heavy atom. The lowest BCUT2D eigenvalue weighted by atomic mass is 10.0. The first-order valence-electron chi connectivity index (χ1n) is 7.19. The molecule has 3 rings (SSSR count). The second-order valence-electron chi connectivity index (χ2n) is 5.34. The molecule has 0 aliphatic carbocycles. The first kappa shape index (κ1) is 16.6. The van der Waals surface area contributed by atoms with Gasteiger partial charge in [0.25, 0.3) is 0 Å². The number of hydrogen-bond donors (Lipinski definition) is 1. The molecule has 2 aromatic rings. The van der Waals surface area contributed by atoms with Crippen LogP contribution in [0.4, 0.5) is 4.39 Å². The number of carbonyl (C=O) groups is 1. The third kappa shape index (κ3) is 3.82. The summed E-state index contributed by atoms with van der Waals surface area (Å²) in [5.74, 6) is 0.442. The lowest BCUT2D eigenvalue weighted by molar-refractivity contribution is -0.121. The largest absolute Gasteiger partial charge is 0.349 e. The summed E-state index contributed by atoms with van der Waals surface area (Å²) in [7, 11) is 0. The highest BCUT2D eigenvalue weighted by Crippen LogP contribution is 2.37. The number of amides is 1. The van der Waals surface area contributed by atoms with E-state index >= 15 is 0 Å². The van der Waals surface area contributed by atoms with Crippen molar-refractivity contribution < 1.29 is 9.18 Å². The molecule has 0 radical (unpaired) electrons. The van der Waals surface area contributed by atoms with Gasteiger partial charge < -0.3 is 5.32 Å². The normalized spacial score (nSPS) is 16.7. The maximum Gasteiger partial charge on any atom is 0.224 e. The molecule has 120 valence electrons. The standard InChI is InChI=1S/C17H14Cl2FNOS/c18-12-5-4-10(8-13(12)19)9-16(22)21-15-6-7-23-17-11(15)2-1-3-14(17)20/h1-5,8,15H,6-7,9H2,(H,21,22). The number of carbonyl (C=O) groups excluding carboxylic acids is 1. The van der Waals surface area contributed by atoms with E-state index in [2.05, 4.69) is 5.32 Å². The van der Waals surface area contributed by atoms with Crippen molar-refractivity contribution in [3.8, 4) is 0 Å². The summed E-state index contributed by atoms with van der Waals surface area (Å²) in [6, 6.07) is 9.98. The van der Waals surface area contributed by atoms with Gasteiger partial charge in [-0.15, -0.1) is 11.8 Å². The van der Waals surface area contributed by atoms with E-state index in [-0.39, 0.29) is 24.2 Å². The summed E-state index contributed by atoms with van der Waals surface area (Å²) in [6.45, 7) is 0. The van der Waals surface area contributed by atoms with Crippen molar-refractivity contribution in [1.82, 2.24) is 5.32 Å². The maximum atomic E-state index is 13.9. The molecule has 0 saturated heterocycles. The van der Waals surface area contributed by atoms with E-state index in [1.54, 1.807) is 24.3 Å². The Kier molecular flexibility index (Phi) is 5.14. The van der Waals surface area contributed by atoms with E-state index in [0.29, 0.717) is 14.9 Å². The summed E-state index contributed by atoms with van der Waals surface area (Å²) in [4.78, 5) is 12.9. The van der Waals surface area contributed by atoms with Gasteiger partial charge in [-0.1, -0.05) is 41.4 Å². The number of fused-ring (bicyclic) bond motifs is 1. The zero-order valence-electron chi connectivity index (χ0n) is 12.1. The SMILES string of the molecule is O=C(Cc1ccc(Cl)c(Cl)c1)NC1CCSc2c(F)cccc21. The summed E-state index contributed by atoms with van der Waals surface area (Å²) >= 11 is 13.3. The highest BCUT2D eigenvalue weighted by atomic mass is 35.5. The van der Waals surface area contributed by atoms with E-state index < -0.39 is 0 Å². The summed E-state index contributed by atoms with van der Waals surface area (Å²) in [6.07, 6.45) is 0.999. The van der Waals surface area contributed by atoms with Gasteiger partial charge >= 0.3 is 0 Å². The Hall–Kier alpha value is -1.23. The van der Waals surface area contributed by atoms with Crippen LogP contribution in [0.1, 0.15) is 23.6 Å². The topological polar surface area (TPSA) is 29.1 Å². The molecule has 1 aliphatic heterocycles. The van der Waals surface area contributed by atoms with Crippen LogP contribution in [0.5, 0.6) is 0 Å². The van der Waals surface area contributed by atoms with Crippen LogP contribution in [0.3, 0.4) is 0 Å². The highest BCUT2D eigenvalue weighted by Gasteiger charge is 2.24. The first-order valence-corrected chi connectivity index (χ1v) is 8.93. The number of rotatable bonds is 3. The molecule has 0 bridgehead atoms. The Morgan fingerprint density at radius 2 is 2.09 bits per heavy atom. The van der Waals surface area contributed by atoms with Gasteiger partial charge in [0.1, 0.15) is 5.82 Å².